The minimum atomic E-state index is 0.551. The normalized spacial score (nSPS) is 10.6. The molecule has 18 heavy (non-hydrogen) atoms. The summed E-state index contributed by atoms with van der Waals surface area (Å²) >= 11 is 5.22. The van der Waals surface area contributed by atoms with Crippen molar-refractivity contribution in [2.24, 2.45) is 0 Å². The Bertz CT molecular complexity index is 553. The maximum Gasteiger partial charge on any atom is 0.135 e. The number of nitrogens with one attached hydrogen (secondary N) is 1. The van der Waals surface area contributed by atoms with Crippen LogP contribution in [0.3, 0.4) is 0 Å². The summed E-state index contributed by atoms with van der Waals surface area (Å²) in [4.78, 5) is 9.94. The number of nitrogen functional groups attached to an aromatic ring is 1. The molecule has 0 unspecified atom stereocenters. The maximum atomic E-state index is 5.88. The number of thiophene rings is 1. The van der Waals surface area contributed by atoms with Crippen molar-refractivity contribution in [3.63, 3.8) is 0 Å². The zero-order chi connectivity index (χ0) is 13.1. The van der Waals surface area contributed by atoms with Crippen LogP contribution in [-0.2, 0) is 13.0 Å². The lowest BCUT2D eigenvalue weighted by Crippen LogP contribution is -2.09. The van der Waals surface area contributed by atoms with Crippen molar-refractivity contribution >= 4 is 38.9 Å². The molecule has 0 radical (unpaired) electrons. The Morgan fingerprint density at radius 1 is 1.44 bits per heavy atom. The van der Waals surface area contributed by atoms with Crippen LogP contribution in [0.1, 0.15) is 23.2 Å². The van der Waals surface area contributed by atoms with Gasteiger partial charge in [-0.15, -0.1) is 11.3 Å². The highest BCUT2D eigenvalue weighted by Gasteiger charge is 2.08. The van der Waals surface area contributed by atoms with Crippen LogP contribution in [0.2, 0.25) is 0 Å². The number of hydrogen-bond acceptors (Lipinski definition) is 5. The first kappa shape index (κ1) is 13.3. The molecule has 0 fully saturated rings. The van der Waals surface area contributed by atoms with E-state index in [4.69, 9.17) is 5.73 Å². The molecule has 0 aliphatic heterocycles. The number of aryl methyl sites for hydroxylation is 1. The Labute approximate surface area is 119 Å². The summed E-state index contributed by atoms with van der Waals surface area (Å²) in [6.07, 6.45) is 0.780. The summed E-state index contributed by atoms with van der Waals surface area (Å²) < 4.78 is 1.12. The van der Waals surface area contributed by atoms with Crippen molar-refractivity contribution in [2.75, 3.05) is 11.1 Å². The lowest BCUT2D eigenvalue weighted by atomic mass is 10.3. The van der Waals surface area contributed by atoms with E-state index in [2.05, 4.69) is 36.6 Å². The number of hydrogen-bond donors (Lipinski definition) is 2. The topological polar surface area (TPSA) is 63.8 Å². The monoisotopic (exact) mass is 326 g/mol. The van der Waals surface area contributed by atoms with Gasteiger partial charge in [0, 0.05) is 21.3 Å². The molecular weight excluding hydrogens is 312 g/mol. The van der Waals surface area contributed by atoms with Crippen LogP contribution >= 0.6 is 27.3 Å². The Hall–Kier alpha value is -1.14. The van der Waals surface area contributed by atoms with Crippen molar-refractivity contribution in [1.29, 1.82) is 0 Å². The first-order valence-electron chi connectivity index (χ1n) is 5.70. The second kappa shape index (κ2) is 5.67. The molecule has 6 heteroatoms. The van der Waals surface area contributed by atoms with Crippen LogP contribution in [0, 0.1) is 6.92 Å². The van der Waals surface area contributed by atoms with Crippen LogP contribution in [0.5, 0.6) is 0 Å². The van der Waals surface area contributed by atoms with E-state index in [0.717, 1.165) is 34.6 Å². The van der Waals surface area contributed by atoms with Gasteiger partial charge in [-0.3, -0.25) is 0 Å². The molecule has 0 aromatic carbocycles. The van der Waals surface area contributed by atoms with Crippen LogP contribution in [0.15, 0.2) is 15.9 Å². The van der Waals surface area contributed by atoms with E-state index in [-0.39, 0.29) is 0 Å². The molecule has 0 atom stereocenters. The van der Waals surface area contributed by atoms with Gasteiger partial charge in [0.1, 0.15) is 17.5 Å². The fourth-order valence-corrected chi connectivity index (χ4v) is 2.96. The molecule has 0 amide bonds. The number of rotatable bonds is 4. The Balaban J connectivity index is 2.18. The highest BCUT2D eigenvalue weighted by Crippen LogP contribution is 2.24. The molecule has 0 aliphatic rings. The van der Waals surface area contributed by atoms with Crippen molar-refractivity contribution in [3.05, 3.63) is 32.2 Å². The van der Waals surface area contributed by atoms with Gasteiger partial charge in [-0.05, 0) is 34.3 Å². The first-order chi connectivity index (χ1) is 8.61. The van der Waals surface area contributed by atoms with Crippen LogP contribution in [0.25, 0.3) is 0 Å². The largest absolute Gasteiger partial charge is 0.383 e. The summed E-state index contributed by atoms with van der Waals surface area (Å²) in [6.45, 7) is 4.68. The Kier molecular flexibility index (Phi) is 4.19. The summed E-state index contributed by atoms with van der Waals surface area (Å²) in [6, 6.07) is 2.04. The van der Waals surface area contributed by atoms with Crippen LogP contribution in [-0.4, -0.2) is 9.97 Å². The number of nitrogens with zero attached hydrogens (tertiary/aromatic N) is 2. The summed E-state index contributed by atoms with van der Waals surface area (Å²) in [5.74, 6) is 2.14. The molecular formula is C12H15BrN4S. The van der Waals surface area contributed by atoms with Gasteiger partial charge in [-0.25, -0.2) is 9.97 Å². The molecule has 96 valence electrons. The predicted molar refractivity (Wildman–Crippen MR) is 79.9 cm³/mol. The molecule has 2 aromatic rings. The van der Waals surface area contributed by atoms with Crippen molar-refractivity contribution in [2.45, 2.75) is 26.8 Å². The van der Waals surface area contributed by atoms with Gasteiger partial charge in [-0.1, -0.05) is 6.92 Å². The molecule has 0 saturated carbocycles. The second-order valence-corrected chi connectivity index (χ2v) is 5.75. The Morgan fingerprint density at radius 2 is 2.22 bits per heavy atom. The maximum absolute atomic E-state index is 5.88. The van der Waals surface area contributed by atoms with Gasteiger partial charge in [0.25, 0.3) is 0 Å². The quantitative estimate of drug-likeness (QED) is 0.904. The van der Waals surface area contributed by atoms with E-state index in [9.17, 15) is 0 Å². The fraction of sp³-hybridized carbons (Fsp3) is 0.333. The molecule has 2 heterocycles. The predicted octanol–water partition coefficient (Wildman–Crippen LogP) is 3.37. The minimum absolute atomic E-state index is 0.551. The minimum Gasteiger partial charge on any atom is -0.383 e. The third-order valence-electron chi connectivity index (χ3n) is 2.65. The Morgan fingerprint density at radius 3 is 2.83 bits per heavy atom. The van der Waals surface area contributed by atoms with Gasteiger partial charge in [-0.2, -0.15) is 0 Å². The van der Waals surface area contributed by atoms with Crippen molar-refractivity contribution < 1.29 is 0 Å². The number of anilines is 2. The number of halogens is 1. The van der Waals surface area contributed by atoms with E-state index < -0.39 is 0 Å². The van der Waals surface area contributed by atoms with Gasteiger partial charge >= 0.3 is 0 Å². The average Bonchev–Trinajstić information content (AvgIpc) is 2.76. The molecule has 0 saturated heterocycles. The second-order valence-electron chi connectivity index (χ2n) is 3.90. The van der Waals surface area contributed by atoms with Crippen LogP contribution in [0.4, 0.5) is 11.6 Å². The standard InChI is InChI=1S/C12H15BrN4S/c1-3-10-16-11(14)7(2)12(17-10)15-6-9-8(13)4-5-18-9/h4-5H,3,6H2,1-2H3,(H3,14,15,16,17). The summed E-state index contributed by atoms with van der Waals surface area (Å²) in [5.41, 5.74) is 6.78. The highest BCUT2D eigenvalue weighted by molar-refractivity contribution is 9.10. The van der Waals surface area contributed by atoms with E-state index in [1.54, 1.807) is 11.3 Å². The first-order valence-corrected chi connectivity index (χ1v) is 7.37. The van der Waals surface area contributed by atoms with E-state index in [1.807, 2.05) is 19.9 Å². The van der Waals surface area contributed by atoms with E-state index in [1.165, 1.54) is 4.88 Å². The molecule has 4 nitrogen and oxygen atoms in total. The SMILES string of the molecule is CCc1nc(N)c(C)c(NCc2sccc2Br)n1. The van der Waals surface area contributed by atoms with Gasteiger partial charge in [0.05, 0.1) is 6.54 Å². The molecule has 0 bridgehead atoms. The van der Waals surface area contributed by atoms with Gasteiger partial charge in [0.2, 0.25) is 0 Å². The van der Waals surface area contributed by atoms with Crippen molar-refractivity contribution in [3.8, 4) is 0 Å². The lowest BCUT2D eigenvalue weighted by molar-refractivity contribution is 0.929. The molecule has 2 aromatic heterocycles. The van der Waals surface area contributed by atoms with Crippen LogP contribution < -0.4 is 11.1 Å². The fourth-order valence-electron chi connectivity index (χ4n) is 1.53. The molecule has 0 aliphatic carbocycles. The summed E-state index contributed by atoms with van der Waals surface area (Å²) in [5, 5.41) is 5.38. The molecule has 2 rings (SSSR count). The van der Waals surface area contributed by atoms with Crippen molar-refractivity contribution in [1.82, 2.24) is 9.97 Å². The highest BCUT2D eigenvalue weighted by atomic mass is 79.9. The average molecular weight is 327 g/mol. The van der Waals surface area contributed by atoms with E-state index in [0.29, 0.717) is 5.82 Å². The zero-order valence-corrected chi connectivity index (χ0v) is 12.7. The van der Waals surface area contributed by atoms with Gasteiger partial charge < -0.3 is 11.1 Å². The lowest BCUT2D eigenvalue weighted by Gasteiger charge is -2.11. The summed E-state index contributed by atoms with van der Waals surface area (Å²) in [7, 11) is 0. The molecule has 3 N–H and O–H groups in total. The number of nitrogens with two attached hydrogens (primary N) is 1. The third-order valence-corrected chi connectivity index (χ3v) is 4.58. The third kappa shape index (κ3) is 2.81. The molecule has 0 spiro atoms. The van der Waals surface area contributed by atoms with E-state index >= 15 is 0 Å². The zero-order valence-electron chi connectivity index (χ0n) is 10.3. The van der Waals surface area contributed by atoms with Gasteiger partial charge in [0.15, 0.2) is 0 Å². The smallest absolute Gasteiger partial charge is 0.135 e. The number of aromatic nitrogens is 2.